The van der Waals surface area contributed by atoms with Gasteiger partial charge in [0.15, 0.2) is 0 Å². The molecular formula is C14H26N2O2. The average Bonchev–Trinajstić information content (AvgIpc) is 3.18. The first-order chi connectivity index (χ1) is 8.49. The van der Waals surface area contributed by atoms with E-state index in [4.69, 9.17) is 10.5 Å². The molecule has 1 saturated heterocycles. The molecule has 104 valence electrons. The van der Waals surface area contributed by atoms with Crippen LogP contribution in [0.3, 0.4) is 0 Å². The summed E-state index contributed by atoms with van der Waals surface area (Å²) in [6.07, 6.45) is 4.59. The second-order valence-corrected chi connectivity index (χ2v) is 6.14. The van der Waals surface area contributed by atoms with Crippen LogP contribution in [0.15, 0.2) is 0 Å². The summed E-state index contributed by atoms with van der Waals surface area (Å²) in [5, 5.41) is 0. The molecule has 0 aromatic heterocycles. The molecule has 2 fully saturated rings. The Balaban J connectivity index is 2.06. The molecule has 1 aliphatic carbocycles. The van der Waals surface area contributed by atoms with E-state index in [1.165, 1.54) is 20.0 Å². The van der Waals surface area contributed by atoms with Crippen molar-refractivity contribution in [1.82, 2.24) is 4.90 Å². The Morgan fingerprint density at radius 2 is 2.06 bits per heavy atom. The minimum Gasteiger partial charge on any atom is -0.468 e. The molecule has 0 bridgehead atoms. The number of ether oxygens (including phenoxy) is 1. The molecule has 3 atom stereocenters. The Morgan fingerprint density at radius 1 is 1.39 bits per heavy atom. The predicted molar refractivity (Wildman–Crippen MR) is 71.1 cm³/mol. The van der Waals surface area contributed by atoms with Crippen LogP contribution < -0.4 is 5.73 Å². The van der Waals surface area contributed by atoms with Crippen LogP contribution in [-0.2, 0) is 9.53 Å². The normalized spacial score (nSPS) is 32.9. The summed E-state index contributed by atoms with van der Waals surface area (Å²) in [5.41, 5.74) is 5.59. The van der Waals surface area contributed by atoms with Crippen molar-refractivity contribution in [2.24, 2.45) is 17.6 Å². The molecule has 4 heteroatoms. The van der Waals surface area contributed by atoms with Gasteiger partial charge in [-0.15, -0.1) is 0 Å². The maximum absolute atomic E-state index is 12.0. The number of nitrogens with zero attached hydrogens (tertiary/aromatic N) is 1. The van der Waals surface area contributed by atoms with Gasteiger partial charge >= 0.3 is 5.97 Å². The average molecular weight is 254 g/mol. The summed E-state index contributed by atoms with van der Waals surface area (Å²) in [5.74, 6) is 0.754. The van der Waals surface area contributed by atoms with Crippen molar-refractivity contribution in [3.8, 4) is 0 Å². The van der Waals surface area contributed by atoms with Crippen LogP contribution in [-0.4, -0.2) is 42.6 Å². The van der Waals surface area contributed by atoms with Crippen molar-refractivity contribution in [3.63, 3.8) is 0 Å². The van der Waals surface area contributed by atoms with Crippen LogP contribution >= 0.6 is 0 Å². The molecular weight excluding hydrogens is 228 g/mol. The second kappa shape index (κ2) is 5.17. The van der Waals surface area contributed by atoms with Crippen LogP contribution in [0.25, 0.3) is 0 Å². The first kappa shape index (κ1) is 13.8. The molecule has 18 heavy (non-hydrogen) atoms. The highest BCUT2D eigenvalue weighted by molar-refractivity contribution is 5.81. The van der Waals surface area contributed by atoms with Gasteiger partial charge < -0.3 is 10.5 Å². The highest BCUT2D eigenvalue weighted by Gasteiger charge is 2.50. The monoisotopic (exact) mass is 254 g/mol. The number of hydrogen-bond donors (Lipinski definition) is 1. The van der Waals surface area contributed by atoms with E-state index in [1.807, 2.05) is 0 Å². The minimum absolute atomic E-state index is 0.240. The molecule has 0 aromatic rings. The van der Waals surface area contributed by atoms with E-state index in [1.54, 1.807) is 0 Å². The molecule has 3 unspecified atom stereocenters. The first-order valence-electron chi connectivity index (χ1n) is 7.10. The summed E-state index contributed by atoms with van der Waals surface area (Å²) >= 11 is 0. The molecule has 0 aromatic carbocycles. The number of carbonyl (C=O) groups excluding carboxylic acids is 1. The number of likely N-dealkylation sites (tertiary alicyclic amines) is 1. The number of nitrogens with two attached hydrogens (primary N) is 1. The molecule has 1 heterocycles. The van der Waals surface area contributed by atoms with Crippen molar-refractivity contribution in [2.75, 3.05) is 20.2 Å². The quantitative estimate of drug-likeness (QED) is 0.770. The Bertz CT molecular complexity index is 317. The fraction of sp³-hybridized carbons (Fsp3) is 0.929. The number of rotatable bonds is 4. The van der Waals surface area contributed by atoms with E-state index in [9.17, 15) is 4.79 Å². The number of methoxy groups -OCH3 is 1. The van der Waals surface area contributed by atoms with E-state index in [0.717, 1.165) is 19.4 Å². The summed E-state index contributed by atoms with van der Waals surface area (Å²) in [4.78, 5) is 14.4. The number of esters is 1. The standard InChI is InChI=1S/C14H26N2O2/c1-10-5-4-8-16(11(10)2)9-14(15,12-6-7-12)13(17)18-3/h10-12H,4-9,15H2,1-3H3. The highest BCUT2D eigenvalue weighted by atomic mass is 16.5. The van der Waals surface area contributed by atoms with Gasteiger partial charge in [-0.1, -0.05) is 6.92 Å². The van der Waals surface area contributed by atoms with E-state index in [2.05, 4.69) is 18.7 Å². The number of piperidine rings is 1. The zero-order valence-corrected chi connectivity index (χ0v) is 11.8. The van der Waals surface area contributed by atoms with E-state index < -0.39 is 5.54 Å². The molecule has 0 spiro atoms. The second-order valence-electron chi connectivity index (χ2n) is 6.14. The van der Waals surface area contributed by atoms with Crippen molar-refractivity contribution < 1.29 is 9.53 Å². The van der Waals surface area contributed by atoms with E-state index in [0.29, 0.717) is 24.4 Å². The Labute approximate surface area is 110 Å². The van der Waals surface area contributed by atoms with Crippen LogP contribution in [0.1, 0.15) is 39.5 Å². The van der Waals surface area contributed by atoms with Gasteiger partial charge in [0.1, 0.15) is 5.54 Å². The lowest BCUT2D eigenvalue weighted by Gasteiger charge is -2.42. The van der Waals surface area contributed by atoms with Crippen LogP contribution in [0.5, 0.6) is 0 Å². The lowest BCUT2D eigenvalue weighted by atomic mass is 9.88. The maximum Gasteiger partial charge on any atom is 0.327 e. The molecule has 0 radical (unpaired) electrons. The van der Waals surface area contributed by atoms with Crippen LogP contribution in [0.4, 0.5) is 0 Å². The van der Waals surface area contributed by atoms with Crippen LogP contribution in [0, 0.1) is 11.8 Å². The third-order valence-corrected chi connectivity index (χ3v) is 4.84. The summed E-state index contributed by atoms with van der Waals surface area (Å²) in [6, 6.07) is 0.505. The minimum atomic E-state index is -0.792. The van der Waals surface area contributed by atoms with Gasteiger partial charge in [0, 0.05) is 12.6 Å². The van der Waals surface area contributed by atoms with Crippen molar-refractivity contribution >= 4 is 5.97 Å². The summed E-state index contributed by atoms with van der Waals surface area (Å²) in [6.45, 7) is 6.22. The molecule has 0 amide bonds. The molecule has 1 aliphatic heterocycles. The van der Waals surface area contributed by atoms with Gasteiger partial charge in [-0.2, -0.15) is 0 Å². The number of carbonyl (C=O) groups is 1. The largest absolute Gasteiger partial charge is 0.468 e. The lowest BCUT2D eigenvalue weighted by molar-refractivity contribution is -0.149. The maximum atomic E-state index is 12.0. The SMILES string of the molecule is COC(=O)C(N)(CN1CCCC(C)C1C)C1CC1. The van der Waals surface area contributed by atoms with Gasteiger partial charge in [-0.05, 0) is 51.0 Å². The van der Waals surface area contributed by atoms with Crippen LogP contribution in [0.2, 0.25) is 0 Å². The Morgan fingerprint density at radius 3 is 2.61 bits per heavy atom. The van der Waals surface area contributed by atoms with Gasteiger partial charge in [0.05, 0.1) is 7.11 Å². The Hall–Kier alpha value is -0.610. The highest BCUT2D eigenvalue weighted by Crippen LogP contribution is 2.40. The fourth-order valence-electron chi connectivity index (χ4n) is 3.13. The molecule has 2 N–H and O–H groups in total. The zero-order chi connectivity index (χ0) is 13.3. The zero-order valence-electron chi connectivity index (χ0n) is 11.8. The molecule has 2 rings (SSSR count). The van der Waals surface area contributed by atoms with Gasteiger partial charge in [0.25, 0.3) is 0 Å². The predicted octanol–water partition coefficient (Wildman–Crippen LogP) is 1.39. The third-order valence-electron chi connectivity index (χ3n) is 4.84. The third kappa shape index (κ3) is 2.54. The van der Waals surface area contributed by atoms with Gasteiger partial charge in [-0.3, -0.25) is 9.69 Å². The molecule has 1 saturated carbocycles. The van der Waals surface area contributed by atoms with Crippen molar-refractivity contribution in [3.05, 3.63) is 0 Å². The number of hydrogen-bond acceptors (Lipinski definition) is 4. The molecule has 4 nitrogen and oxygen atoms in total. The summed E-state index contributed by atoms with van der Waals surface area (Å²) < 4.78 is 4.93. The first-order valence-corrected chi connectivity index (χ1v) is 7.10. The topological polar surface area (TPSA) is 55.6 Å². The Kier molecular flexibility index (Phi) is 3.97. The fourth-order valence-corrected chi connectivity index (χ4v) is 3.13. The van der Waals surface area contributed by atoms with Crippen molar-refractivity contribution in [2.45, 2.75) is 51.1 Å². The van der Waals surface area contributed by atoms with Gasteiger partial charge in [0.2, 0.25) is 0 Å². The summed E-state index contributed by atoms with van der Waals surface area (Å²) in [7, 11) is 1.44. The lowest BCUT2D eigenvalue weighted by Crippen LogP contribution is -2.61. The molecule has 2 aliphatic rings. The van der Waals surface area contributed by atoms with E-state index in [-0.39, 0.29) is 5.97 Å². The van der Waals surface area contributed by atoms with Gasteiger partial charge in [-0.25, -0.2) is 0 Å². The van der Waals surface area contributed by atoms with Crippen molar-refractivity contribution in [1.29, 1.82) is 0 Å². The smallest absolute Gasteiger partial charge is 0.327 e. The van der Waals surface area contributed by atoms with E-state index >= 15 is 0 Å².